The quantitative estimate of drug-likeness (QED) is 0.562. The highest BCUT2D eigenvalue weighted by molar-refractivity contribution is 6.02. The molecule has 0 aromatic heterocycles. The fourth-order valence-corrected chi connectivity index (χ4v) is 2.29. The average molecular weight is 349 g/mol. The Morgan fingerprint density at radius 2 is 1.64 bits per heavy atom. The monoisotopic (exact) mass is 349 g/mol. The minimum absolute atomic E-state index is 0.224. The highest BCUT2D eigenvalue weighted by Gasteiger charge is 2.39. The van der Waals surface area contributed by atoms with Gasteiger partial charge in [-0.05, 0) is 32.9 Å². The van der Waals surface area contributed by atoms with Gasteiger partial charge in [0.1, 0.15) is 11.7 Å². The Morgan fingerprint density at radius 3 is 2.12 bits per heavy atom. The molecule has 0 spiro atoms. The number of carbonyl (C=O) groups is 4. The van der Waals surface area contributed by atoms with Crippen LogP contribution in [0.2, 0.25) is 0 Å². The van der Waals surface area contributed by atoms with Gasteiger partial charge in [0.25, 0.3) is 5.91 Å². The van der Waals surface area contributed by atoms with Gasteiger partial charge in [0.05, 0.1) is 19.1 Å². The van der Waals surface area contributed by atoms with Crippen LogP contribution in [-0.4, -0.2) is 43.4 Å². The lowest BCUT2D eigenvalue weighted by Gasteiger charge is -2.23. The number of methoxy groups -OCH3 is 1. The Hall–Kier alpha value is -2.70. The summed E-state index contributed by atoms with van der Waals surface area (Å²) in [6.45, 7) is 4.27. The molecule has 7 heteroatoms. The van der Waals surface area contributed by atoms with Gasteiger partial charge in [-0.1, -0.05) is 18.2 Å². The first-order valence-corrected chi connectivity index (χ1v) is 7.90. The molecule has 0 aliphatic carbocycles. The molecular formula is C18H23NO6. The summed E-state index contributed by atoms with van der Waals surface area (Å²) >= 11 is 0. The van der Waals surface area contributed by atoms with Gasteiger partial charge >= 0.3 is 11.9 Å². The fraction of sp³-hybridized carbons (Fsp3) is 0.444. The van der Waals surface area contributed by atoms with E-state index in [-0.39, 0.29) is 6.54 Å². The normalized spacial score (nSPS) is 12.8. The number of rotatable bonds is 8. The SMILES string of the molecule is COC(=O)C(C(C)=O)C(CNC(=O)c1ccccc1)C(=O)OC(C)C. The van der Waals surface area contributed by atoms with Gasteiger partial charge in [-0.3, -0.25) is 19.2 Å². The molecule has 0 saturated heterocycles. The molecule has 136 valence electrons. The lowest BCUT2D eigenvalue weighted by molar-refractivity contribution is -0.164. The molecule has 1 N–H and O–H groups in total. The van der Waals surface area contributed by atoms with E-state index in [1.54, 1.807) is 44.2 Å². The van der Waals surface area contributed by atoms with E-state index >= 15 is 0 Å². The van der Waals surface area contributed by atoms with Crippen molar-refractivity contribution in [1.82, 2.24) is 5.32 Å². The zero-order valence-electron chi connectivity index (χ0n) is 14.8. The van der Waals surface area contributed by atoms with Crippen LogP contribution < -0.4 is 5.32 Å². The van der Waals surface area contributed by atoms with Crippen LogP contribution in [0.1, 0.15) is 31.1 Å². The number of benzene rings is 1. The van der Waals surface area contributed by atoms with Crippen molar-refractivity contribution in [3.63, 3.8) is 0 Å². The number of nitrogens with one attached hydrogen (secondary N) is 1. The van der Waals surface area contributed by atoms with E-state index in [9.17, 15) is 19.2 Å². The lowest BCUT2D eigenvalue weighted by Crippen LogP contribution is -2.44. The highest BCUT2D eigenvalue weighted by atomic mass is 16.5. The second-order valence-electron chi connectivity index (χ2n) is 5.78. The molecule has 7 nitrogen and oxygen atoms in total. The third-order valence-corrected chi connectivity index (χ3v) is 3.47. The number of Topliss-reactive ketones (excluding diaryl/α,β-unsaturated/α-hetero) is 1. The molecule has 2 unspecified atom stereocenters. The number of amides is 1. The van der Waals surface area contributed by atoms with Crippen LogP contribution in [0, 0.1) is 11.8 Å². The van der Waals surface area contributed by atoms with Crippen LogP contribution in [0.15, 0.2) is 30.3 Å². The largest absolute Gasteiger partial charge is 0.468 e. The first-order valence-electron chi connectivity index (χ1n) is 7.90. The smallest absolute Gasteiger partial charge is 0.317 e. The van der Waals surface area contributed by atoms with Gasteiger partial charge in [0.2, 0.25) is 0 Å². The van der Waals surface area contributed by atoms with Crippen LogP contribution in [-0.2, 0) is 23.9 Å². The highest BCUT2D eigenvalue weighted by Crippen LogP contribution is 2.18. The van der Waals surface area contributed by atoms with E-state index < -0.39 is 41.6 Å². The van der Waals surface area contributed by atoms with E-state index in [1.165, 1.54) is 6.92 Å². The van der Waals surface area contributed by atoms with Gasteiger partial charge in [0, 0.05) is 12.1 Å². The summed E-state index contributed by atoms with van der Waals surface area (Å²) in [4.78, 5) is 48.3. The molecular weight excluding hydrogens is 326 g/mol. The molecule has 1 aromatic rings. The second kappa shape index (κ2) is 9.56. The number of esters is 2. The van der Waals surface area contributed by atoms with Crippen LogP contribution in [0.5, 0.6) is 0 Å². The predicted octanol–water partition coefficient (Wildman–Crippen LogP) is 1.36. The van der Waals surface area contributed by atoms with Gasteiger partial charge in [-0.25, -0.2) is 0 Å². The van der Waals surface area contributed by atoms with Crippen molar-refractivity contribution in [2.24, 2.45) is 11.8 Å². The Kier molecular flexibility index (Phi) is 7.78. The molecule has 0 aliphatic rings. The molecule has 0 fully saturated rings. The van der Waals surface area contributed by atoms with E-state index in [0.29, 0.717) is 5.56 Å². The summed E-state index contributed by atoms with van der Waals surface area (Å²) < 4.78 is 9.75. The Balaban J connectivity index is 2.97. The molecule has 1 amide bonds. The molecule has 1 aromatic carbocycles. The third kappa shape index (κ3) is 6.02. The molecule has 2 atom stereocenters. The van der Waals surface area contributed by atoms with Crippen molar-refractivity contribution in [3.8, 4) is 0 Å². The van der Waals surface area contributed by atoms with Crippen molar-refractivity contribution in [2.75, 3.05) is 13.7 Å². The Morgan fingerprint density at radius 1 is 1.04 bits per heavy atom. The summed E-state index contributed by atoms with van der Waals surface area (Å²) in [5.74, 6) is -5.05. The van der Waals surface area contributed by atoms with Crippen LogP contribution in [0.4, 0.5) is 0 Å². The third-order valence-electron chi connectivity index (χ3n) is 3.47. The summed E-state index contributed by atoms with van der Waals surface area (Å²) in [7, 11) is 1.13. The van der Waals surface area contributed by atoms with Crippen molar-refractivity contribution in [3.05, 3.63) is 35.9 Å². The van der Waals surface area contributed by atoms with E-state index in [4.69, 9.17) is 4.74 Å². The topological polar surface area (TPSA) is 98.8 Å². The van der Waals surface area contributed by atoms with E-state index in [1.807, 2.05) is 0 Å². The first-order chi connectivity index (χ1) is 11.8. The molecule has 0 bridgehead atoms. The number of hydrogen-bond acceptors (Lipinski definition) is 6. The maximum atomic E-state index is 12.3. The molecule has 25 heavy (non-hydrogen) atoms. The molecule has 0 radical (unpaired) electrons. The van der Waals surface area contributed by atoms with Gasteiger partial charge in [0.15, 0.2) is 0 Å². The van der Waals surface area contributed by atoms with Gasteiger partial charge < -0.3 is 14.8 Å². The minimum Gasteiger partial charge on any atom is -0.468 e. The lowest BCUT2D eigenvalue weighted by atomic mass is 9.88. The minimum atomic E-state index is -1.34. The van der Waals surface area contributed by atoms with Crippen molar-refractivity contribution in [1.29, 1.82) is 0 Å². The molecule has 1 rings (SSSR count). The number of carbonyl (C=O) groups excluding carboxylic acids is 4. The zero-order valence-corrected chi connectivity index (χ0v) is 14.8. The van der Waals surface area contributed by atoms with Gasteiger partial charge in [-0.2, -0.15) is 0 Å². The average Bonchev–Trinajstić information content (AvgIpc) is 2.57. The molecule has 0 saturated carbocycles. The standard InChI is InChI=1S/C18H23NO6/c1-11(2)25-17(22)14(15(12(3)20)18(23)24-4)10-19-16(21)13-8-6-5-7-9-13/h5-9,11,14-15H,10H2,1-4H3,(H,19,21). The summed E-state index contributed by atoms with van der Waals surface area (Å²) in [6, 6.07) is 8.39. The van der Waals surface area contributed by atoms with Crippen LogP contribution >= 0.6 is 0 Å². The van der Waals surface area contributed by atoms with Crippen LogP contribution in [0.25, 0.3) is 0 Å². The maximum Gasteiger partial charge on any atom is 0.317 e. The Labute approximate surface area is 146 Å². The maximum absolute atomic E-state index is 12.3. The van der Waals surface area contributed by atoms with E-state index in [2.05, 4.69) is 10.1 Å². The number of ketones is 1. The number of hydrogen-bond donors (Lipinski definition) is 1. The van der Waals surface area contributed by atoms with Gasteiger partial charge in [-0.15, -0.1) is 0 Å². The summed E-state index contributed by atoms with van der Waals surface area (Å²) in [5.41, 5.74) is 0.399. The summed E-state index contributed by atoms with van der Waals surface area (Å²) in [5, 5.41) is 2.57. The van der Waals surface area contributed by atoms with Crippen LogP contribution in [0.3, 0.4) is 0 Å². The summed E-state index contributed by atoms with van der Waals surface area (Å²) in [6.07, 6.45) is -0.426. The fourth-order valence-electron chi connectivity index (χ4n) is 2.29. The van der Waals surface area contributed by atoms with Crippen molar-refractivity contribution < 1.29 is 28.7 Å². The number of ether oxygens (including phenoxy) is 2. The first kappa shape index (κ1) is 20.3. The second-order valence-corrected chi connectivity index (χ2v) is 5.78. The molecule has 0 aliphatic heterocycles. The van der Waals surface area contributed by atoms with Crippen molar-refractivity contribution >= 4 is 23.6 Å². The van der Waals surface area contributed by atoms with E-state index in [0.717, 1.165) is 7.11 Å². The Bertz CT molecular complexity index is 626. The molecule has 0 heterocycles. The zero-order chi connectivity index (χ0) is 19.0. The predicted molar refractivity (Wildman–Crippen MR) is 89.7 cm³/mol. The van der Waals surface area contributed by atoms with Crippen molar-refractivity contribution in [2.45, 2.75) is 26.9 Å².